The van der Waals surface area contributed by atoms with E-state index < -0.39 is 28.5 Å². The van der Waals surface area contributed by atoms with Crippen molar-refractivity contribution in [1.82, 2.24) is 10.2 Å². The van der Waals surface area contributed by atoms with E-state index in [2.05, 4.69) is 5.32 Å². The second kappa shape index (κ2) is 16.3. The van der Waals surface area contributed by atoms with Crippen LogP contribution in [0, 0.1) is 6.92 Å². The number of ether oxygens (including phenoxy) is 1. The maximum absolute atomic E-state index is 14.6. The molecular formula is C36H40ClN3O5S. The van der Waals surface area contributed by atoms with Crippen molar-refractivity contribution in [3.05, 3.63) is 125 Å². The van der Waals surface area contributed by atoms with E-state index >= 15 is 0 Å². The molecule has 0 heterocycles. The van der Waals surface area contributed by atoms with Crippen LogP contribution in [0.2, 0.25) is 5.02 Å². The maximum atomic E-state index is 14.6. The lowest BCUT2D eigenvalue weighted by molar-refractivity contribution is -0.140. The number of halogens is 1. The Hall–Kier alpha value is -4.34. The molecule has 10 heteroatoms. The van der Waals surface area contributed by atoms with Gasteiger partial charge in [0.2, 0.25) is 11.8 Å². The van der Waals surface area contributed by atoms with Gasteiger partial charge in [-0.05, 0) is 54.8 Å². The quantitative estimate of drug-likeness (QED) is 0.149. The molecule has 1 unspecified atom stereocenters. The second-order valence-corrected chi connectivity index (χ2v) is 13.3. The van der Waals surface area contributed by atoms with E-state index in [0.717, 1.165) is 33.8 Å². The van der Waals surface area contributed by atoms with E-state index in [1.165, 1.54) is 30.2 Å². The molecule has 1 atom stereocenters. The minimum absolute atomic E-state index is 0.0121. The summed E-state index contributed by atoms with van der Waals surface area (Å²) in [6.45, 7) is 3.98. The largest absolute Gasteiger partial charge is 0.495 e. The molecule has 0 radical (unpaired) electrons. The molecule has 4 aromatic carbocycles. The van der Waals surface area contributed by atoms with Crippen molar-refractivity contribution in [2.24, 2.45) is 0 Å². The highest BCUT2D eigenvalue weighted by Gasteiger charge is 2.34. The van der Waals surface area contributed by atoms with E-state index in [1.54, 1.807) is 30.3 Å². The number of nitrogens with one attached hydrogen (secondary N) is 1. The van der Waals surface area contributed by atoms with Gasteiger partial charge in [-0.2, -0.15) is 0 Å². The van der Waals surface area contributed by atoms with Gasteiger partial charge in [0.25, 0.3) is 10.0 Å². The molecule has 242 valence electrons. The number of hydrogen-bond acceptors (Lipinski definition) is 5. The number of amides is 2. The average Bonchev–Trinajstić information content (AvgIpc) is 3.06. The minimum Gasteiger partial charge on any atom is -0.495 e. The number of benzene rings is 4. The number of nitrogens with zero attached hydrogens (tertiary/aromatic N) is 2. The number of hydrogen-bond donors (Lipinski definition) is 1. The normalized spacial score (nSPS) is 11.8. The van der Waals surface area contributed by atoms with Crippen LogP contribution in [0.4, 0.5) is 5.69 Å². The van der Waals surface area contributed by atoms with Crippen molar-refractivity contribution in [2.75, 3.05) is 24.5 Å². The third kappa shape index (κ3) is 8.89. The van der Waals surface area contributed by atoms with Crippen molar-refractivity contribution >= 4 is 39.1 Å². The van der Waals surface area contributed by atoms with Gasteiger partial charge in [0.1, 0.15) is 18.3 Å². The molecule has 0 fully saturated rings. The SMILES string of the molecule is CCCCNC(=O)C(Cc1ccccc1)N(Cc1cccc(C)c1)C(=O)CN(c1ccc(OC)c(Cl)c1)S(=O)(=O)c1ccccc1. The number of anilines is 1. The molecule has 0 bridgehead atoms. The molecule has 46 heavy (non-hydrogen) atoms. The molecule has 4 rings (SSSR count). The standard InChI is InChI=1S/C36H40ClN3O5S/c1-4-5-21-38-36(42)33(23-28-14-8-6-9-15-28)39(25-29-16-12-13-27(2)22-29)35(41)26-40(30-19-20-34(45-3)32(37)24-30)46(43,44)31-17-10-7-11-18-31/h6-20,22,24,33H,4-5,21,23,25-26H2,1-3H3,(H,38,42). The van der Waals surface area contributed by atoms with Crippen molar-refractivity contribution < 1.29 is 22.7 Å². The zero-order valence-electron chi connectivity index (χ0n) is 26.4. The molecular weight excluding hydrogens is 622 g/mol. The lowest BCUT2D eigenvalue weighted by atomic mass is 10.0. The van der Waals surface area contributed by atoms with Crippen LogP contribution in [0.15, 0.2) is 108 Å². The van der Waals surface area contributed by atoms with Gasteiger partial charge >= 0.3 is 0 Å². The third-order valence-corrected chi connectivity index (χ3v) is 9.65. The first kappa shape index (κ1) is 34.5. The molecule has 0 aromatic heterocycles. The molecule has 0 saturated heterocycles. The number of carbonyl (C=O) groups is 2. The third-order valence-electron chi connectivity index (χ3n) is 7.57. The number of methoxy groups -OCH3 is 1. The van der Waals surface area contributed by atoms with Crippen LogP contribution < -0.4 is 14.4 Å². The van der Waals surface area contributed by atoms with Gasteiger partial charge < -0.3 is 15.0 Å². The Kier molecular flexibility index (Phi) is 12.2. The van der Waals surface area contributed by atoms with Crippen LogP contribution in [-0.2, 0) is 32.6 Å². The summed E-state index contributed by atoms with van der Waals surface area (Å²) >= 11 is 6.44. The molecule has 0 aliphatic heterocycles. The Morgan fingerprint density at radius 1 is 0.891 bits per heavy atom. The van der Waals surface area contributed by atoms with E-state index in [4.69, 9.17) is 16.3 Å². The van der Waals surface area contributed by atoms with Crippen LogP contribution in [0.1, 0.15) is 36.5 Å². The molecule has 2 amide bonds. The fourth-order valence-electron chi connectivity index (χ4n) is 5.13. The zero-order chi connectivity index (χ0) is 33.1. The number of carbonyl (C=O) groups excluding carboxylic acids is 2. The van der Waals surface area contributed by atoms with E-state index in [9.17, 15) is 18.0 Å². The van der Waals surface area contributed by atoms with E-state index in [1.807, 2.05) is 68.4 Å². The lowest BCUT2D eigenvalue weighted by Crippen LogP contribution is -2.53. The molecule has 0 spiro atoms. The van der Waals surface area contributed by atoms with Gasteiger partial charge in [-0.3, -0.25) is 13.9 Å². The maximum Gasteiger partial charge on any atom is 0.264 e. The molecule has 8 nitrogen and oxygen atoms in total. The second-order valence-electron chi connectivity index (χ2n) is 11.0. The van der Waals surface area contributed by atoms with Crippen LogP contribution in [0.25, 0.3) is 0 Å². The summed E-state index contributed by atoms with van der Waals surface area (Å²) in [5, 5.41) is 3.19. The first-order chi connectivity index (χ1) is 22.1. The van der Waals surface area contributed by atoms with Crippen LogP contribution >= 0.6 is 11.6 Å². The Labute approximate surface area is 277 Å². The van der Waals surface area contributed by atoms with E-state index in [-0.39, 0.29) is 34.5 Å². The topological polar surface area (TPSA) is 96.0 Å². The first-order valence-electron chi connectivity index (χ1n) is 15.2. The highest BCUT2D eigenvalue weighted by molar-refractivity contribution is 7.92. The molecule has 0 aliphatic rings. The summed E-state index contributed by atoms with van der Waals surface area (Å²) in [7, 11) is -2.77. The highest BCUT2D eigenvalue weighted by Crippen LogP contribution is 2.32. The zero-order valence-corrected chi connectivity index (χ0v) is 27.9. The van der Waals surface area contributed by atoms with Crippen LogP contribution in [-0.4, -0.2) is 51.4 Å². The summed E-state index contributed by atoms with van der Waals surface area (Å²) in [6.07, 6.45) is 1.93. The van der Waals surface area contributed by atoms with Gasteiger partial charge in [-0.15, -0.1) is 0 Å². The first-order valence-corrected chi connectivity index (χ1v) is 17.0. The van der Waals surface area contributed by atoms with Gasteiger partial charge in [0.15, 0.2) is 0 Å². The monoisotopic (exact) mass is 661 g/mol. The Morgan fingerprint density at radius 3 is 2.20 bits per heavy atom. The van der Waals surface area contributed by atoms with Crippen molar-refractivity contribution in [1.29, 1.82) is 0 Å². The summed E-state index contributed by atoms with van der Waals surface area (Å²) in [5.74, 6) is -0.482. The smallest absolute Gasteiger partial charge is 0.264 e. The molecule has 4 aromatic rings. The fourth-order valence-corrected chi connectivity index (χ4v) is 6.81. The molecule has 0 saturated carbocycles. The highest BCUT2D eigenvalue weighted by atomic mass is 35.5. The van der Waals surface area contributed by atoms with E-state index in [0.29, 0.717) is 12.3 Å². The number of unbranched alkanes of at least 4 members (excludes halogenated alkanes) is 1. The lowest BCUT2D eigenvalue weighted by Gasteiger charge is -2.34. The van der Waals surface area contributed by atoms with Gasteiger partial charge in [0.05, 0.1) is 22.7 Å². The van der Waals surface area contributed by atoms with Gasteiger partial charge in [-0.25, -0.2) is 8.42 Å². The summed E-state index contributed by atoms with van der Waals surface area (Å²) in [6, 6.07) is 28.7. The number of rotatable bonds is 15. The number of sulfonamides is 1. The van der Waals surface area contributed by atoms with Crippen molar-refractivity contribution in [2.45, 2.75) is 50.6 Å². The Balaban J connectivity index is 1.81. The predicted molar refractivity (Wildman–Crippen MR) is 183 cm³/mol. The number of aryl methyl sites for hydroxylation is 1. The average molecular weight is 662 g/mol. The molecule has 1 N–H and O–H groups in total. The van der Waals surface area contributed by atoms with Gasteiger partial charge in [0, 0.05) is 19.5 Å². The Bertz CT molecular complexity index is 1720. The minimum atomic E-state index is -4.24. The fraction of sp³-hybridized carbons (Fsp3) is 0.278. The van der Waals surface area contributed by atoms with Crippen LogP contribution in [0.5, 0.6) is 5.75 Å². The van der Waals surface area contributed by atoms with Crippen LogP contribution in [0.3, 0.4) is 0 Å². The Morgan fingerprint density at radius 2 is 1.57 bits per heavy atom. The van der Waals surface area contributed by atoms with Crippen molar-refractivity contribution in [3.63, 3.8) is 0 Å². The summed E-state index contributed by atoms with van der Waals surface area (Å²) in [4.78, 5) is 29.9. The summed E-state index contributed by atoms with van der Waals surface area (Å²) in [5.41, 5.74) is 2.87. The molecule has 0 aliphatic carbocycles. The van der Waals surface area contributed by atoms with Crippen molar-refractivity contribution in [3.8, 4) is 5.75 Å². The van der Waals surface area contributed by atoms with Gasteiger partial charge in [-0.1, -0.05) is 103 Å². The summed E-state index contributed by atoms with van der Waals surface area (Å²) < 4.78 is 34.6. The predicted octanol–water partition coefficient (Wildman–Crippen LogP) is 6.41.